The lowest BCUT2D eigenvalue weighted by atomic mass is 10.3. The molecule has 0 aromatic rings. The lowest BCUT2D eigenvalue weighted by Crippen LogP contribution is -2.33. The normalized spacial score (nSPS) is 13.6. The molecular weight excluding hydrogens is 216 g/mol. The molecule has 0 aromatic heterocycles. The number of rotatable bonds is 11. The Morgan fingerprint density at radius 2 is 1.88 bits per heavy atom. The second kappa shape index (κ2) is 11.0. The van der Waals surface area contributed by atoms with Crippen molar-refractivity contribution in [3.63, 3.8) is 0 Å². The molecule has 4 heteroatoms. The Balaban J connectivity index is 3.32. The van der Waals surface area contributed by atoms with Crippen molar-refractivity contribution in [1.82, 2.24) is 10.2 Å². The van der Waals surface area contributed by atoms with E-state index in [9.17, 15) is 5.11 Å². The zero-order valence-corrected chi connectivity index (χ0v) is 11.9. The van der Waals surface area contributed by atoms with Crippen LogP contribution in [0.1, 0.15) is 34.1 Å². The van der Waals surface area contributed by atoms with Gasteiger partial charge in [-0.2, -0.15) is 0 Å². The summed E-state index contributed by atoms with van der Waals surface area (Å²) in [6.07, 6.45) is 0.914. The third kappa shape index (κ3) is 10.7. The summed E-state index contributed by atoms with van der Waals surface area (Å²) in [5, 5.41) is 12.9. The van der Waals surface area contributed by atoms with Gasteiger partial charge in [-0.15, -0.1) is 0 Å². The van der Waals surface area contributed by atoms with Crippen LogP contribution in [0.25, 0.3) is 0 Å². The van der Waals surface area contributed by atoms with E-state index in [1.165, 1.54) is 0 Å². The Labute approximate surface area is 106 Å². The van der Waals surface area contributed by atoms with E-state index in [1.54, 1.807) is 0 Å². The summed E-state index contributed by atoms with van der Waals surface area (Å²) in [5.41, 5.74) is 0. The molecule has 0 saturated heterocycles. The summed E-state index contributed by atoms with van der Waals surface area (Å²) >= 11 is 0. The zero-order chi connectivity index (χ0) is 13.1. The summed E-state index contributed by atoms with van der Waals surface area (Å²) in [7, 11) is 0. The van der Waals surface area contributed by atoms with Crippen molar-refractivity contribution >= 4 is 0 Å². The highest BCUT2D eigenvalue weighted by atomic mass is 16.5. The standard InChI is InChI=1S/C13H30N2O2/c1-5-15(6-2)9-7-8-14-10-13(16)11-17-12(3)4/h12-14,16H,5-11H2,1-4H3. The maximum absolute atomic E-state index is 9.60. The summed E-state index contributed by atoms with van der Waals surface area (Å²) in [6.45, 7) is 13.7. The van der Waals surface area contributed by atoms with E-state index < -0.39 is 6.10 Å². The average molecular weight is 246 g/mol. The topological polar surface area (TPSA) is 44.7 Å². The first-order valence-electron chi connectivity index (χ1n) is 6.82. The van der Waals surface area contributed by atoms with Gasteiger partial charge in [0.05, 0.1) is 18.8 Å². The summed E-state index contributed by atoms with van der Waals surface area (Å²) in [5.74, 6) is 0. The van der Waals surface area contributed by atoms with Crippen molar-refractivity contribution < 1.29 is 9.84 Å². The van der Waals surface area contributed by atoms with Crippen LogP contribution in [0.5, 0.6) is 0 Å². The molecule has 0 aliphatic heterocycles. The first-order chi connectivity index (χ1) is 8.10. The van der Waals surface area contributed by atoms with E-state index in [-0.39, 0.29) is 6.10 Å². The van der Waals surface area contributed by atoms with Gasteiger partial charge in [-0.1, -0.05) is 13.8 Å². The van der Waals surface area contributed by atoms with E-state index in [0.717, 1.165) is 32.6 Å². The maximum atomic E-state index is 9.60. The van der Waals surface area contributed by atoms with Crippen LogP contribution in [0, 0.1) is 0 Å². The van der Waals surface area contributed by atoms with E-state index in [4.69, 9.17) is 4.74 Å². The molecule has 1 unspecified atom stereocenters. The van der Waals surface area contributed by atoms with Crippen molar-refractivity contribution in [3.8, 4) is 0 Å². The number of aliphatic hydroxyl groups is 1. The molecule has 17 heavy (non-hydrogen) atoms. The number of hydrogen-bond donors (Lipinski definition) is 2. The highest BCUT2D eigenvalue weighted by Crippen LogP contribution is 1.92. The lowest BCUT2D eigenvalue weighted by Gasteiger charge is -2.18. The molecule has 0 heterocycles. The van der Waals surface area contributed by atoms with E-state index in [0.29, 0.717) is 13.2 Å². The average Bonchev–Trinajstić information content (AvgIpc) is 2.31. The van der Waals surface area contributed by atoms with Crippen molar-refractivity contribution in [2.75, 3.05) is 39.3 Å². The van der Waals surface area contributed by atoms with Gasteiger partial charge in [-0.3, -0.25) is 0 Å². The van der Waals surface area contributed by atoms with Gasteiger partial charge in [0, 0.05) is 6.54 Å². The number of hydrogen-bond acceptors (Lipinski definition) is 4. The van der Waals surface area contributed by atoms with Crippen LogP contribution in [0.4, 0.5) is 0 Å². The molecular formula is C13H30N2O2. The predicted molar refractivity (Wildman–Crippen MR) is 72.4 cm³/mol. The van der Waals surface area contributed by atoms with Gasteiger partial charge in [0.1, 0.15) is 0 Å². The van der Waals surface area contributed by atoms with Crippen molar-refractivity contribution in [2.45, 2.75) is 46.3 Å². The van der Waals surface area contributed by atoms with Crippen molar-refractivity contribution in [2.24, 2.45) is 0 Å². The van der Waals surface area contributed by atoms with Crippen molar-refractivity contribution in [1.29, 1.82) is 0 Å². The van der Waals surface area contributed by atoms with Gasteiger partial charge < -0.3 is 20.1 Å². The number of ether oxygens (including phenoxy) is 1. The van der Waals surface area contributed by atoms with Crippen LogP contribution in [0.15, 0.2) is 0 Å². The smallest absolute Gasteiger partial charge is 0.0897 e. The molecule has 0 bridgehead atoms. The Morgan fingerprint density at radius 1 is 1.24 bits per heavy atom. The maximum Gasteiger partial charge on any atom is 0.0897 e. The quantitative estimate of drug-likeness (QED) is 0.536. The molecule has 2 N–H and O–H groups in total. The molecule has 0 saturated carbocycles. The largest absolute Gasteiger partial charge is 0.389 e. The second-order valence-corrected chi connectivity index (χ2v) is 4.62. The number of aliphatic hydroxyl groups excluding tert-OH is 1. The molecule has 0 fully saturated rings. The molecule has 1 atom stereocenters. The number of nitrogens with one attached hydrogen (secondary N) is 1. The van der Waals surface area contributed by atoms with Crippen LogP contribution in [-0.2, 0) is 4.74 Å². The first-order valence-corrected chi connectivity index (χ1v) is 6.82. The monoisotopic (exact) mass is 246 g/mol. The highest BCUT2D eigenvalue weighted by molar-refractivity contribution is 4.60. The Bertz CT molecular complexity index is 161. The first kappa shape index (κ1) is 16.8. The molecule has 0 aliphatic rings. The minimum atomic E-state index is -0.397. The molecule has 104 valence electrons. The minimum Gasteiger partial charge on any atom is -0.389 e. The van der Waals surface area contributed by atoms with Gasteiger partial charge in [-0.25, -0.2) is 0 Å². The summed E-state index contributed by atoms with van der Waals surface area (Å²) < 4.78 is 5.34. The Kier molecular flexibility index (Phi) is 10.9. The van der Waals surface area contributed by atoms with E-state index in [2.05, 4.69) is 24.1 Å². The molecule has 0 spiro atoms. The van der Waals surface area contributed by atoms with E-state index in [1.807, 2.05) is 13.8 Å². The van der Waals surface area contributed by atoms with Crippen LogP contribution in [-0.4, -0.2) is 61.5 Å². The number of nitrogens with zero attached hydrogens (tertiary/aromatic N) is 1. The molecule has 0 radical (unpaired) electrons. The van der Waals surface area contributed by atoms with Gasteiger partial charge in [-0.05, 0) is 46.4 Å². The molecule has 0 aromatic carbocycles. The van der Waals surface area contributed by atoms with Crippen LogP contribution in [0.3, 0.4) is 0 Å². The van der Waals surface area contributed by atoms with Crippen molar-refractivity contribution in [3.05, 3.63) is 0 Å². The predicted octanol–water partition coefficient (Wildman–Crippen LogP) is 1.09. The highest BCUT2D eigenvalue weighted by Gasteiger charge is 2.05. The SMILES string of the molecule is CCN(CC)CCCNCC(O)COC(C)C. The zero-order valence-electron chi connectivity index (χ0n) is 11.9. The van der Waals surface area contributed by atoms with Gasteiger partial charge >= 0.3 is 0 Å². The molecule has 0 aliphatic carbocycles. The lowest BCUT2D eigenvalue weighted by molar-refractivity contribution is 0.00642. The summed E-state index contributed by atoms with van der Waals surface area (Å²) in [6, 6.07) is 0. The van der Waals surface area contributed by atoms with Crippen LogP contribution in [0.2, 0.25) is 0 Å². The van der Waals surface area contributed by atoms with Gasteiger partial charge in [0.25, 0.3) is 0 Å². The molecule has 0 rings (SSSR count). The third-order valence-corrected chi connectivity index (χ3v) is 2.72. The Hall–Kier alpha value is -0.160. The third-order valence-electron chi connectivity index (χ3n) is 2.72. The van der Waals surface area contributed by atoms with E-state index >= 15 is 0 Å². The molecule has 4 nitrogen and oxygen atoms in total. The van der Waals surface area contributed by atoms with Gasteiger partial charge in [0.15, 0.2) is 0 Å². The van der Waals surface area contributed by atoms with Crippen LogP contribution >= 0.6 is 0 Å². The second-order valence-electron chi connectivity index (χ2n) is 4.62. The minimum absolute atomic E-state index is 0.187. The van der Waals surface area contributed by atoms with Crippen LogP contribution < -0.4 is 5.32 Å². The Morgan fingerprint density at radius 3 is 2.41 bits per heavy atom. The molecule has 0 amide bonds. The fraction of sp³-hybridized carbons (Fsp3) is 1.00. The fourth-order valence-electron chi connectivity index (χ4n) is 1.60. The summed E-state index contributed by atoms with van der Waals surface area (Å²) in [4.78, 5) is 2.40. The fourth-order valence-corrected chi connectivity index (χ4v) is 1.60. The van der Waals surface area contributed by atoms with Gasteiger partial charge in [0.2, 0.25) is 0 Å².